The summed E-state index contributed by atoms with van der Waals surface area (Å²) in [7, 11) is 0. The van der Waals surface area contributed by atoms with Crippen LogP contribution in [0.2, 0.25) is 0 Å². The smallest absolute Gasteiger partial charge is 0.276 e. The zero-order valence-corrected chi connectivity index (χ0v) is 19.9. The molecule has 0 radical (unpaired) electrons. The predicted octanol–water partition coefficient (Wildman–Crippen LogP) is 4.10. The number of thiocarbonyl (C=S) groups is 1. The summed E-state index contributed by atoms with van der Waals surface area (Å²) < 4.78 is 11.1. The van der Waals surface area contributed by atoms with Crippen LogP contribution in [-0.4, -0.2) is 30.1 Å². The minimum atomic E-state index is -0.451. The second-order valence-electron chi connectivity index (χ2n) is 7.87. The van der Waals surface area contributed by atoms with Gasteiger partial charge < -0.3 is 9.47 Å². The van der Waals surface area contributed by atoms with E-state index in [-0.39, 0.29) is 11.7 Å². The Morgan fingerprint density at radius 3 is 2.24 bits per heavy atom. The van der Waals surface area contributed by atoms with Gasteiger partial charge in [0.1, 0.15) is 11.5 Å². The zero-order valence-electron chi connectivity index (χ0n) is 19.0. The summed E-state index contributed by atoms with van der Waals surface area (Å²) in [5, 5.41) is 2.47. The minimum absolute atomic E-state index is 0.0425. The van der Waals surface area contributed by atoms with E-state index in [9.17, 15) is 9.59 Å². The Hall–Kier alpha value is -3.91. The molecule has 3 aromatic carbocycles. The van der Waals surface area contributed by atoms with Crippen molar-refractivity contribution in [3.63, 3.8) is 0 Å². The fourth-order valence-corrected chi connectivity index (χ4v) is 3.03. The Labute approximate surface area is 204 Å². The van der Waals surface area contributed by atoms with Gasteiger partial charge >= 0.3 is 0 Å². The molecule has 0 spiro atoms. The predicted molar refractivity (Wildman–Crippen MR) is 135 cm³/mol. The van der Waals surface area contributed by atoms with Crippen molar-refractivity contribution in [2.45, 2.75) is 13.8 Å². The number of benzene rings is 3. The molecule has 0 fully saturated rings. The highest BCUT2D eigenvalue weighted by atomic mass is 32.1. The van der Waals surface area contributed by atoms with Crippen LogP contribution >= 0.6 is 12.2 Å². The normalized spacial score (nSPS) is 10.3. The van der Waals surface area contributed by atoms with Crippen molar-refractivity contribution >= 4 is 29.1 Å². The molecule has 0 unspecified atom stereocenters. The topological polar surface area (TPSA) is 88.7 Å². The van der Waals surface area contributed by atoms with Crippen molar-refractivity contribution in [3.8, 4) is 22.6 Å². The fraction of sp³-hybridized carbons (Fsp3) is 0.192. The van der Waals surface area contributed by atoms with Crippen LogP contribution in [0.1, 0.15) is 24.2 Å². The first-order valence-corrected chi connectivity index (χ1v) is 11.2. The van der Waals surface area contributed by atoms with Gasteiger partial charge in [-0.15, -0.1) is 0 Å². The molecule has 0 saturated carbocycles. The molecule has 2 amide bonds. The van der Waals surface area contributed by atoms with Gasteiger partial charge in [0.15, 0.2) is 11.7 Å². The number of carbonyl (C=O) groups is 2. The van der Waals surface area contributed by atoms with Gasteiger partial charge in [-0.05, 0) is 59.6 Å². The van der Waals surface area contributed by atoms with Gasteiger partial charge in [-0.25, -0.2) is 0 Å². The zero-order chi connectivity index (χ0) is 24.3. The van der Waals surface area contributed by atoms with Crippen LogP contribution in [0.25, 0.3) is 11.1 Å². The quantitative estimate of drug-likeness (QED) is 0.334. The van der Waals surface area contributed by atoms with E-state index in [1.54, 1.807) is 36.4 Å². The standard InChI is InChI=1S/C26H27N3O4S/c1-18(2)16-32-23-10-6-9-21(15-23)25(31)27-26(34)29-28-24(30)17-33-22-13-11-20(12-14-22)19-7-4-3-5-8-19/h3-15,18H,16-17H2,1-2H3,(H,28,30)(H2,27,29,31,34). The second-order valence-corrected chi connectivity index (χ2v) is 8.28. The summed E-state index contributed by atoms with van der Waals surface area (Å²) in [5.41, 5.74) is 7.43. The summed E-state index contributed by atoms with van der Waals surface area (Å²) in [6.45, 7) is 4.42. The maximum Gasteiger partial charge on any atom is 0.276 e. The van der Waals surface area contributed by atoms with Crippen molar-refractivity contribution in [1.82, 2.24) is 16.2 Å². The van der Waals surface area contributed by atoms with Crippen molar-refractivity contribution in [3.05, 3.63) is 84.4 Å². The van der Waals surface area contributed by atoms with Crippen molar-refractivity contribution in [2.75, 3.05) is 13.2 Å². The summed E-state index contributed by atoms with van der Waals surface area (Å²) >= 11 is 5.08. The number of ether oxygens (including phenoxy) is 2. The van der Waals surface area contributed by atoms with Gasteiger partial charge in [-0.3, -0.25) is 25.8 Å². The number of nitrogens with one attached hydrogen (secondary N) is 3. The highest BCUT2D eigenvalue weighted by molar-refractivity contribution is 7.80. The second kappa shape index (κ2) is 12.4. The Balaban J connectivity index is 1.40. The van der Waals surface area contributed by atoms with Crippen molar-refractivity contribution < 1.29 is 19.1 Å². The summed E-state index contributed by atoms with van der Waals surface area (Å²) in [6.07, 6.45) is 0. The van der Waals surface area contributed by atoms with E-state index in [1.807, 2.05) is 56.3 Å². The van der Waals surface area contributed by atoms with Crippen LogP contribution in [-0.2, 0) is 4.79 Å². The molecule has 34 heavy (non-hydrogen) atoms. The molecule has 0 aliphatic carbocycles. The van der Waals surface area contributed by atoms with Gasteiger partial charge in [0.05, 0.1) is 6.61 Å². The lowest BCUT2D eigenvalue weighted by Gasteiger charge is -2.12. The number of rotatable bonds is 8. The number of carbonyl (C=O) groups excluding carboxylic acids is 2. The first kappa shape index (κ1) is 24.7. The molecule has 176 valence electrons. The van der Waals surface area contributed by atoms with E-state index >= 15 is 0 Å². The van der Waals surface area contributed by atoms with E-state index in [4.69, 9.17) is 21.7 Å². The summed E-state index contributed by atoms with van der Waals surface area (Å²) in [5.74, 6) is 0.660. The molecule has 0 bridgehead atoms. The highest BCUT2D eigenvalue weighted by Crippen LogP contribution is 2.22. The molecule has 0 heterocycles. The molecule has 0 aliphatic rings. The lowest BCUT2D eigenvalue weighted by molar-refractivity contribution is -0.123. The van der Waals surface area contributed by atoms with Crippen LogP contribution < -0.4 is 25.6 Å². The maximum atomic E-state index is 12.4. The third kappa shape index (κ3) is 7.90. The van der Waals surface area contributed by atoms with Crippen LogP contribution in [0.5, 0.6) is 11.5 Å². The van der Waals surface area contributed by atoms with Gasteiger partial charge in [-0.1, -0.05) is 62.4 Å². The number of amides is 2. The van der Waals surface area contributed by atoms with Crippen molar-refractivity contribution in [2.24, 2.45) is 5.92 Å². The van der Waals surface area contributed by atoms with Crippen LogP contribution in [0, 0.1) is 5.92 Å². The lowest BCUT2D eigenvalue weighted by atomic mass is 10.1. The molecule has 0 atom stereocenters. The average molecular weight is 478 g/mol. The molecule has 0 aromatic heterocycles. The molecular weight excluding hydrogens is 450 g/mol. The number of hydrogen-bond acceptors (Lipinski definition) is 5. The van der Waals surface area contributed by atoms with Crippen LogP contribution in [0.4, 0.5) is 0 Å². The Morgan fingerprint density at radius 1 is 0.824 bits per heavy atom. The molecule has 3 rings (SSSR count). The lowest BCUT2D eigenvalue weighted by Crippen LogP contribution is -2.49. The SMILES string of the molecule is CC(C)COc1cccc(C(=O)NC(=S)NNC(=O)COc2ccc(-c3ccccc3)cc2)c1. The molecule has 0 saturated heterocycles. The van der Waals surface area contributed by atoms with E-state index in [0.29, 0.717) is 29.6 Å². The minimum Gasteiger partial charge on any atom is -0.493 e. The average Bonchev–Trinajstić information content (AvgIpc) is 2.86. The van der Waals surface area contributed by atoms with E-state index in [0.717, 1.165) is 11.1 Å². The Kier molecular flexibility index (Phi) is 8.99. The summed E-state index contributed by atoms with van der Waals surface area (Å²) in [4.78, 5) is 24.4. The number of hydrazine groups is 1. The molecule has 8 heteroatoms. The third-order valence-electron chi connectivity index (χ3n) is 4.55. The first-order valence-electron chi connectivity index (χ1n) is 10.8. The molecule has 0 aliphatic heterocycles. The fourth-order valence-electron chi connectivity index (χ4n) is 2.88. The number of hydrogen-bond donors (Lipinski definition) is 3. The van der Waals surface area contributed by atoms with E-state index in [2.05, 4.69) is 16.2 Å². The maximum absolute atomic E-state index is 12.4. The molecule has 7 nitrogen and oxygen atoms in total. The third-order valence-corrected chi connectivity index (χ3v) is 4.76. The molecule has 3 N–H and O–H groups in total. The van der Waals surface area contributed by atoms with Crippen LogP contribution in [0.3, 0.4) is 0 Å². The largest absolute Gasteiger partial charge is 0.493 e. The van der Waals surface area contributed by atoms with Gasteiger partial charge in [-0.2, -0.15) is 0 Å². The Bertz CT molecular complexity index is 1120. The summed E-state index contributed by atoms with van der Waals surface area (Å²) in [6, 6.07) is 24.2. The van der Waals surface area contributed by atoms with Gasteiger partial charge in [0.25, 0.3) is 11.8 Å². The van der Waals surface area contributed by atoms with Gasteiger partial charge in [0.2, 0.25) is 0 Å². The van der Waals surface area contributed by atoms with Gasteiger partial charge in [0, 0.05) is 5.56 Å². The van der Waals surface area contributed by atoms with E-state index < -0.39 is 11.8 Å². The highest BCUT2D eigenvalue weighted by Gasteiger charge is 2.10. The monoisotopic (exact) mass is 477 g/mol. The first-order chi connectivity index (χ1) is 16.4. The molecular formula is C26H27N3O4S. The van der Waals surface area contributed by atoms with E-state index in [1.165, 1.54) is 0 Å². The molecule has 3 aromatic rings. The Morgan fingerprint density at radius 2 is 1.53 bits per heavy atom. The van der Waals surface area contributed by atoms with Crippen molar-refractivity contribution in [1.29, 1.82) is 0 Å². The van der Waals surface area contributed by atoms with Crippen LogP contribution in [0.15, 0.2) is 78.9 Å².